The molecule has 0 bridgehead atoms. The van der Waals surface area contributed by atoms with Gasteiger partial charge in [0.15, 0.2) is 10.7 Å². The fraction of sp³-hybridized carbons (Fsp3) is 0.250. The quantitative estimate of drug-likeness (QED) is 0.757. The minimum Gasteiger partial charge on any atom is -0.463 e. The molecule has 2 N–H and O–H groups in total. The van der Waals surface area contributed by atoms with Crippen LogP contribution >= 0.6 is 11.3 Å². The van der Waals surface area contributed by atoms with Gasteiger partial charge in [0.05, 0.1) is 6.26 Å². The van der Waals surface area contributed by atoms with Crippen molar-refractivity contribution >= 4 is 22.1 Å². The minimum atomic E-state index is 0.663. The largest absolute Gasteiger partial charge is 0.463 e. The van der Waals surface area contributed by atoms with Crippen LogP contribution in [0.1, 0.15) is 17.5 Å². The van der Waals surface area contributed by atoms with Crippen LogP contribution in [0.15, 0.2) is 22.8 Å². The molecule has 5 heteroatoms. The first-order valence-electron chi connectivity index (χ1n) is 5.52. The van der Waals surface area contributed by atoms with Crippen LogP contribution in [0.25, 0.3) is 16.4 Å². The molecule has 3 heterocycles. The third kappa shape index (κ3) is 1.39. The summed E-state index contributed by atoms with van der Waals surface area (Å²) in [5.41, 5.74) is 8.13. The summed E-state index contributed by atoms with van der Waals surface area (Å²) in [6.45, 7) is 4.23. The predicted molar refractivity (Wildman–Crippen MR) is 69.3 cm³/mol. The minimum absolute atomic E-state index is 0.663. The van der Waals surface area contributed by atoms with Gasteiger partial charge in [0.25, 0.3) is 0 Å². The van der Waals surface area contributed by atoms with Gasteiger partial charge in [-0.25, -0.2) is 4.98 Å². The number of nitrogen functional groups attached to an aromatic ring is 1. The first-order chi connectivity index (χ1) is 8.22. The van der Waals surface area contributed by atoms with E-state index in [4.69, 9.17) is 10.2 Å². The van der Waals surface area contributed by atoms with Crippen LogP contribution in [0.2, 0.25) is 0 Å². The molecule has 3 aromatic rings. The second-order valence-corrected chi connectivity index (χ2v) is 5.08. The van der Waals surface area contributed by atoms with Gasteiger partial charge in [0.1, 0.15) is 11.5 Å². The van der Waals surface area contributed by atoms with E-state index in [0.29, 0.717) is 5.82 Å². The number of imidazole rings is 1. The predicted octanol–water partition coefficient (Wildman–Crippen LogP) is 3.11. The standard InChI is InChI=1S/C12H13N3OS/c1-3-8-7(2)17-12-14-10(11(13)15(8)12)9-5-4-6-16-9/h4-6H,3,13H2,1-2H3. The Bertz CT molecular complexity index is 664. The molecule has 4 nitrogen and oxygen atoms in total. The van der Waals surface area contributed by atoms with Crippen LogP contribution in [0.5, 0.6) is 0 Å². The summed E-state index contributed by atoms with van der Waals surface area (Å²) in [5.74, 6) is 1.38. The van der Waals surface area contributed by atoms with E-state index in [1.165, 1.54) is 10.6 Å². The average molecular weight is 247 g/mol. The first kappa shape index (κ1) is 10.4. The van der Waals surface area contributed by atoms with Crippen molar-refractivity contribution in [1.29, 1.82) is 0 Å². The van der Waals surface area contributed by atoms with E-state index in [0.717, 1.165) is 22.8 Å². The average Bonchev–Trinajstić information content (AvgIpc) is 2.96. The van der Waals surface area contributed by atoms with Crippen LogP contribution in [0.4, 0.5) is 5.82 Å². The van der Waals surface area contributed by atoms with E-state index in [2.05, 4.69) is 18.8 Å². The number of furan rings is 1. The maximum Gasteiger partial charge on any atom is 0.196 e. The van der Waals surface area contributed by atoms with Crippen molar-refractivity contribution in [1.82, 2.24) is 9.38 Å². The van der Waals surface area contributed by atoms with Crippen LogP contribution < -0.4 is 5.73 Å². The highest BCUT2D eigenvalue weighted by molar-refractivity contribution is 7.17. The highest BCUT2D eigenvalue weighted by Gasteiger charge is 2.18. The fourth-order valence-electron chi connectivity index (χ4n) is 2.10. The molecule has 0 aliphatic carbocycles. The van der Waals surface area contributed by atoms with Gasteiger partial charge in [-0.1, -0.05) is 6.92 Å². The van der Waals surface area contributed by atoms with E-state index in [9.17, 15) is 0 Å². The molecule has 3 aromatic heterocycles. The molecule has 3 rings (SSSR count). The van der Waals surface area contributed by atoms with Crippen molar-refractivity contribution in [3.05, 3.63) is 29.0 Å². The lowest BCUT2D eigenvalue weighted by molar-refractivity contribution is 0.581. The highest BCUT2D eigenvalue weighted by Crippen LogP contribution is 2.32. The zero-order chi connectivity index (χ0) is 12.0. The van der Waals surface area contributed by atoms with Crippen LogP contribution in [0.3, 0.4) is 0 Å². The Morgan fingerprint density at radius 2 is 2.35 bits per heavy atom. The lowest BCUT2D eigenvalue weighted by atomic mass is 10.3. The van der Waals surface area contributed by atoms with E-state index in [1.54, 1.807) is 17.6 Å². The molecule has 0 amide bonds. The molecule has 0 fully saturated rings. The van der Waals surface area contributed by atoms with Crippen molar-refractivity contribution in [2.45, 2.75) is 20.3 Å². The maximum atomic E-state index is 6.17. The third-order valence-electron chi connectivity index (χ3n) is 2.89. The number of nitrogens with zero attached hydrogens (tertiary/aromatic N) is 2. The zero-order valence-electron chi connectivity index (χ0n) is 9.73. The molecule has 0 aromatic carbocycles. The van der Waals surface area contributed by atoms with Gasteiger partial charge >= 0.3 is 0 Å². The van der Waals surface area contributed by atoms with Gasteiger partial charge in [0, 0.05) is 10.6 Å². The lowest BCUT2D eigenvalue weighted by Crippen LogP contribution is -1.97. The smallest absolute Gasteiger partial charge is 0.196 e. The number of thiazole rings is 1. The molecule has 88 valence electrons. The van der Waals surface area contributed by atoms with E-state index < -0.39 is 0 Å². The fourth-order valence-corrected chi connectivity index (χ4v) is 3.16. The topological polar surface area (TPSA) is 56.5 Å². The SMILES string of the molecule is CCc1c(C)sc2nc(-c3ccco3)c(N)n12. The molecule has 0 aliphatic heterocycles. The number of fused-ring (bicyclic) bond motifs is 1. The Labute approximate surface area is 103 Å². The number of hydrogen-bond acceptors (Lipinski definition) is 4. The first-order valence-corrected chi connectivity index (χ1v) is 6.34. The molecule has 17 heavy (non-hydrogen) atoms. The Hall–Kier alpha value is -1.75. The number of nitrogens with two attached hydrogens (primary N) is 1. The van der Waals surface area contributed by atoms with Gasteiger partial charge in [-0.2, -0.15) is 0 Å². The molecular formula is C12H13N3OS. The number of anilines is 1. The second kappa shape index (κ2) is 3.63. The Morgan fingerprint density at radius 3 is 3.00 bits per heavy atom. The van der Waals surface area contributed by atoms with Crippen molar-refractivity contribution < 1.29 is 4.42 Å². The van der Waals surface area contributed by atoms with E-state index in [-0.39, 0.29) is 0 Å². The third-order valence-corrected chi connectivity index (χ3v) is 3.89. The zero-order valence-corrected chi connectivity index (χ0v) is 10.5. The maximum absolute atomic E-state index is 6.17. The molecule has 0 saturated carbocycles. The van der Waals surface area contributed by atoms with Crippen molar-refractivity contribution in [3.8, 4) is 11.5 Å². The normalized spacial score (nSPS) is 11.4. The molecule has 0 atom stereocenters. The Morgan fingerprint density at radius 1 is 1.53 bits per heavy atom. The van der Waals surface area contributed by atoms with Crippen LogP contribution in [-0.4, -0.2) is 9.38 Å². The number of rotatable bonds is 2. The summed E-state index contributed by atoms with van der Waals surface area (Å²) in [6, 6.07) is 3.72. The summed E-state index contributed by atoms with van der Waals surface area (Å²) < 4.78 is 7.38. The number of aryl methyl sites for hydroxylation is 2. The van der Waals surface area contributed by atoms with Gasteiger partial charge in [-0.05, 0) is 25.5 Å². The monoisotopic (exact) mass is 247 g/mol. The van der Waals surface area contributed by atoms with Gasteiger partial charge in [-0.15, -0.1) is 11.3 Å². The van der Waals surface area contributed by atoms with E-state index >= 15 is 0 Å². The molecule has 0 saturated heterocycles. The number of hydrogen-bond donors (Lipinski definition) is 1. The van der Waals surface area contributed by atoms with E-state index in [1.807, 2.05) is 16.5 Å². The van der Waals surface area contributed by atoms with Crippen LogP contribution in [0, 0.1) is 6.92 Å². The Balaban J connectivity index is 2.31. The summed E-state index contributed by atoms with van der Waals surface area (Å²) in [5, 5.41) is 0. The summed E-state index contributed by atoms with van der Waals surface area (Å²) in [4.78, 5) is 6.75. The summed E-state index contributed by atoms with van der Waals surface area (Å²) in [7, 11) is 0. The summed E-state index contributed by atoms with van der Waals surface area (Å²) in [6.07, 6.45) is 2.58. The van der Waals surface area contributed by atoms with Gasteiger partial charge in [0.2, 0.25) is 0 Å². The van der Waals surface area contributed by atoms with Crippen LogP contribution in [-0.2, 0) is 6.42 Å². The molecular weight excluding hydrogens is 234 g/mol. The highest BCUT2D eigenvalue weighted by atomic mass is 32.1. The second-order valence-electron chi connectivity index (χ2n) is 3.90. The lowest BCUT2D eigenvalue weighted by Gasteiger charge is -1.99. The summed E-state index contributed by atoms with van der Waals surface area (Å²) >= 11 is 1.67. The van der Waals surface area contributed by atoms with Crippen molar-refractivity contribution in [2.24, 2.45) is 0 Å². The molecule has 0 radical (unpaired) electrons. The van der Waals surface area contributed by atoms with Gasteiger partial charge < -0.3 is 10.2 Å². The molecule has 0 aliphatic rings. The van der Waals surface area contributed by atoms with Crippen molar-refractivity contribution in [2.75, 3.05) is 5.73 Å². The van der Waals surface area contributed by atoms with Crippen molar-refractivity contribution in [3.63, 3.8) is 0 Å². The Kier molecular flexibility index (Phi) is 2.22. The molecule has 0 spiro atoms. The number of aromatic nitrogens is 2. The molecule has 0 unspecified atom stereocenters. The van der Waals surface area contributed by atoms with Gasteiger partial charge in [-0.3, -0.25) is 4.40 Å².